The van der Waals surface area contributed by atoms with Crippen LogP contribution in [0.25, 0.3) is 0 Å². The molecule has 0 aliphatic carbocycles. The smallest absolute Gasteiger partial charge is 0.156 e. The summed E-state index contributed by atoms with van der Waals surface area (Å²) in [7, 11) is 3.43. The van der Waals surface area contributed by atoms with Gasteiger partial charge in [0.2, 0.25) is 0 Å². The molecule has 0 rings (SSSR count). The minimum Gasteiger partial charge on any atom is -0.356 e. The summed E-state index contributed by atoms with van der Waals surface area (Å²) in [5.74, 6) is 0.746. The number of hydrogen-bond acceptors (Lipinski definition) is 2. The van der Waals surface area contributed by atoms with Crippen LogP contribution in [0.4, 0.5) is 0 Å². The number of hydrogen-bond donors (Lipinski definition) is 0. The maximum Gasteiger partial charge on any atom is 0.156 e. The van der Waals surface area contributed by atoms with Crippen molar-refractivity contribution in [1.29, 1.82) is 0 Å². The van der Waals surface area contributed by atoms with Crippen molar-refractivity contribution in [2.75, 3.05) is 20.1 Å². The van der Waals surface area contributed by atoms with E-state index in [0.717, 1.165) is 18.7 Å². The third-order valence-electron chi connectivity index (χ3n) is 4.03. The van der Waals surface area contributed by atoms with Crippen LogP contribution in [0.1, 0.15) is 83.5 Å². The van der Waals surface area contributed by atoms with E-state index in [-0.39, 0.29) is 6.29 Å². The summed E-state index contributed by atoms with van der Waals surface area (Å²) in [5, 5.41) is 0. The maximum atomic E-state index is 5.62. The Hall–Kier alpha value is -0.0500. The Labute approximate surface area is 143 Å². The van der Waals surface area contributed by atoms with Gasteiger partial charge in [-0.3, -0.25) is 0 Å². The Balaban J connectivity index is 3.08. The highest BCUT2D eigenvalue weighted by Crippen LogP contribution is 2.13. The molecule has 0 radical (unpaired) electrons. The third-order valence-corrected chi connectivity index (χ3v) is 4.25. The van der Waals surface area contributed by atoms with Crippen LogP contribution in [0.3, 0.4) is 0 Å². The number of ether oxygens (including phenoxy) is 2. The summed E-state index contributed by atoms with van der Waals surface area (Å²) in [6.45, 7) is 0. The summed E-state index contributed by atoms with van der Waals surface area (Å²) in [4.78, 5) is 0. The van der Waals surface area contributed by atoms with E-state index < -0.39 is 0 Å². The summed E-state index contributed by atoms with van der Waals surface area (Å²) < 4.78 is 10.4. The molecule has 0 N–H and O–H groups in total. The largest absolute Gasteiger partial charge is 0.356 e. The van der Waals surface area contributed by atoms with Crippen molar-refractivity contribution in [2.24, 2.45) is 0 Å². The molecule has 0 spiro atoms. The first-order valence-electron chi connectivity index (χ1n) is 9.11. The molecule has 0 heterocycles. The van der Waals surface area contributed by atoms with Crippen LogP contribution in [0.2, 0.25) is 0 Å². The minimum atomic E-state index is -0.00946. The Kier molecular flexibility index (Phi) is 19.0. The van der Waals surface area contributed by atoms with E-state index in [0.29, 0.717) is 0 Å². The van der Waals surface area contributed by atoms with Crippen LogP contribution < -0.4 is 0 Å². The SMILES string of the molecule is COC(CCCCCCCCCCCC/C=C/CCCl)OC. The zero-order valence-electron chi connectivity index (χ0n) is 14.8. The van der Waals surface area contributed by atoms with E-state index in [1.54, 1.807) is 14.2 Å². The maximum absolute atomic E-state index is 5.62. The first kappa shape index (κ1) is 21.9. The third kappa shape index (κ3) is 16.3. The van der Waals surface area contributed by atoms with E-state index in [4.69, 9.17) is 21.1 Å². The van der Waals surface area contributed by atoms with Crippen molar-refractivity contribution >= 4 is 11.6 Å². The summed E-state index contributed by atoms with van der Waals surface area (Å²) >= 11 is 5.62. The Morgan fingerprint density at radius 3 is 1.64 bits per heavy atom. The molecule has 0 unspecified atom stereocenters. The second-order valence-corrected chi connectivity index (χ2v) is 6.34. The van der Waals surface area contributed by atoms with E-state index >= 15 is 0 Å². The number of halogens is 1. The van der Waals surface area contributed by atoms with Gasteiger partial charge >= 0.3 is 0 Å². The normalized spacial score (nSPS) is 11.8. The minimum absolute atomic E-state index is 0.00946. The summed E-state index contributed by atoms with van der Waals surface area (Å²) in [6, 6.07) is 0. The molecule has 0 atom stereocenters. The Morgan fingerprint density at radius 2 is 1.14 bits per heavy atom. The fourth-order valence-electron chi connectivity index (χ4n) is 2.62. The van der Waals surface area contributed by atoms with Crippen molar-refractivity contribution in [3.05, 3.63) is 12.2 Å². The van der Waals surface area contributed by atoms with Gasteiger partial charge in [-0.05, 0) is 32.1 Å². The predicted octanol–water partition coefficient (Wildman–Crippen LogP) is 6.47. The lowest BCUT2D eigenvalue weighted by Crippen LogP contribution is -2.12. The average Bonchev–Trinajstić information content (AvgIpc) is 2.55. The number of rotatable bonds is 17. The first-order chi connectivity index (χ1) is 10.8. The second kappa shape index (κ2) is 19.0. The summed E-state index contributed by atoms with van der Waals surface area (Å²) in [6.07, 6.45) is 21.3. The molecule has 0 aromatic carbocycles. The van der Waals surface area contributed by atoms with Crippen molar-refractivity contribution in [2.45, 2.75) is 89.8 Å². The van der Waals surface area contributed by atoms with Crippen molar-refractivity contribution in [3.8, 4) is 0 Å². The van der Waals surface area contributed by atoms with Gasteiger partial charge in [0.05, 0.1) is 0 Å². The standard InChI is InChI=1S/C19H37ClO2/c1-21-19(22-2)17-15-13-11-9-7-5-3-4-6-8-10-12-14-16-18-20/h12,14,19H,3-11,13,15-18H2,1-2H3/b14-12+. The van der Waals surface area contributed by atoms with Gasteiger partial charge in [-0.2, -0.15) is 0 Å². The Morgan fingerprint density at radius 1 is 0.682 bits per heavy atom. The van der Waals surface area contributed by atoms with Gasteiger partial charge in [0.25, 0.3) is 0 Å². The molecule has 0 saturated heterocycles. The fraction of sp³-hybridized carbons (Fsp3) is 0.895. The number of unbranched alkanes of at least 4 members (excludes halogenated alkanes) is 10. The van der Waals surface area contributed by atoms with Crippen LogP contribution in [0, 0.1) is 0 Å². The molecule has 0 aromatic rings. The quantitative estimate of drug-likeness (QED) is 0.131. The topological polar surface area (TPSA) is 18.5 Å². The van der Waals surface area contributed by atoms with E-state index in [1.807, 2.05) is 0 Å². The lowest BCUT2D eigenvalue weighted by molar-refractivity contribution is -0.107. The van der Waals surface area contributed by atoms with Crippen molar-refractivity contribution in [3.63, 3.8) is 0 Å². The highest BCUT2D eigenvalue weighted by atomic mass is 35.5. The van der Waals surface area contributed by atoms with Gasteiger partial charge in [-0.1, -0.05) is 63.5 Å². The van der Waals surface area contributed by atoms with E-state index in [2.05, 4.69) is 12.2 Å². The zero-order valence-corrected chi connectivity index (χ0v) is 15.6. The molecular weight excluding hydrogens is 296 g/mol. The molecule has 132 valence electrons. The average molecular weight is 333 g/mol. The highest BCUT2D eigenvalue weighted by molar-refractivity contribution is 6.17. The Bertz CT molecular complexity index is 227. The zero-order chi connectivity index (χ0) is 16.3. The second-order valence-electron chi connectivity index (χ2n) is 5.96. The lowest BCUT2D eigenvalue weighted by Gasteiger charge is -2.12. The molecule has 0 saturated carbocycles. The van der Waals surface area contributed by atoms with Gasteiger partial charge in [0.15, 0.2) is 6.29 Å². The van der Waals surface area contributed by atoms with Gasteiger partial charge in [0.1, 0.15) is 0 Å². The molecule has 0 amide bonds. The van der Waals surface area contributed by atoms with Crippen LogP contribution >= 0.6 is 11.6 Å². The van der Waals surface area contributed by atoms with E-state index in [1.165, 1.54) is 70.6 Å². The number of methoxy groups -OCH3 is 2. The molecule has 2 nitrogen and oxygen atoms in total. The van der Waals surface area contributed by atoms with Crippen molar-refractivity contribution < 1.29 is 9.47 Å². The number of alkyl halides is 1. The monoisotopic (exact) mass is 332 g/mol. The molecule has 22 heavy (non-hydrogen) atoms. The highest BCUT2D eigenvalue weighted by Gasteiger charge is 2.03. The fourth-order valence-corrected chi connectivity index (χ4v) is 2.74. The molecule has 0 aliphatic rings. The van der Waals surface area contributed by atoms with E-state index in [9.17, 15) is 0 Å². The molecule has 0 aromatic heterocycles. The molecule has 0 bridgehead atoms. The molecular formula is C19H37ClO2. The van der Waals surface area contributed by atoms with Crippen LogP contribution in [-0.4, -0.2) is 26.4 Å². The van der Waals surface area contributed by atoms with Crippen LogP contribution in [0.15, 0.2) is 12.2 Å². The van der Waals surface area contributed by atoms with Crippen LogP contribution in [-0.2, 0) is 9.47 Å². The first-order valence-corrected chi connectivity index (χ1v) is 9.65. The van der Waals surface area contributed by atoms with Crippen LogP contribution in [0.5, 0.6) is 0 Å². The molecule has 0 aliphatic heterocycles. The molecule has 3 heteroatoms. The number of allylic oxidation sites excluding steroid dienone is 2. The van der Waals surface area contributed by atoms with Gasteiger partial charge < -0.3 is 9.47 Å². The molecule has 0 fully saturated rings. The summed E-state index contributed by atoms with van der Waals surface area (Å²) in [5.41, 5.74) is 0. The lowest BCUT2D eigenvalue weighted by atomic mass is 10.0. The van der Waals surface area contributed by atoms with Gasteiger partial charge in [-0.15, -0.1) is 11.6 Å². The predicted molar refractivity (Wildman–Crippen MR) is 97.7 cm³/mol. The van der Waals surface area contributed by atoms with Crippen molar-refractivity contribution in [1.82, 2.24) is 0 Å². The van der Waals surface area contributed by atoms with Gasteiger partial charge in [0, 0.05) is 20.1 Å². The van der Waals surface area contributed by atoms with Gasteiger partial charge in [-0.25, -0.2) is 0 Å².